The van der Waals surface area contributed by atoms with Crippen LogP contribution in [-0.2, 0) is 39.9 Å². The molecule has 0 atom stereocenters. The van der Waals surface area contributed by atoms with Crippen molar-refractivity contribution in [2.45, 2.75) is 19.6 Å². The van der Waals surface area contributed by atoms with E-state index in [1.807, 2.05) is 0 Å². The number of benzene rings is 4. The van der Waals surface area contributed by atoms with Gasteiger partial charge in [0.25, 0.3) is 20.2 Å². The van der Waals surface area contributed by atoms with Gasteiger partial charge in [0.1, 0.15) is 21.2 Å². The van der Waals surface area contributed by atoms with Gasteiger partial charge in [0.05, 0.1) is 32.2 Å². The number of azo groups is 2. The van der Waals surface area contributed by atoms with Crippen LogP contribution in [0.4, 0.5) is 28.4 Å². The molecule has 0 heterocycles. The highest BCUT2D eigenvalue weighted by Crippen LogP contribution is 2.48. The first-order valence-corrected chi connectivity index (χ1v) is 18.3. The van der Waals surface area contributed by atoms with E-state index in [0.29, 0.717) is 0 Å². The Kier molecular flexibility index (Phi) is 8.36. The standard InChI is InChI=1S/C24H21N5O11S4/c1-41(31,32)16-7-3-14(4-8-16)26-28-22-18(43(35,36)37)11-13-12-19(44(38,39)40)23(24(30)20(13)21(22)25)29-27-15-5-9-17(10-6-15)42(2,33)34/h3-12,30H,25H2,1-2H3,(H,35,36,37)(H,38,39,40)/b28-26+,29-27-. The van der Waals surface area contributed by atoms with Crippen molar-refractivity contribution in [3.63, 3.8) is 0 Å². The van der Waals surface area contributed by atoms with Crippen molar-refractivity contribution >= 4 is 79.1 Å². The second kappa shape index (κ2) is 11.3. The molecule has 0 aromatic heterocycles. The first-order valence-electron chi connectivity index (χ1n) is 11.7. The van der Waals surface area contributed by atoms with Crippen LogP contribution in [-0.4, -0.2) is 60.4 Å². The van der Waals surface area contributed by atoms with E-state index < -0.39 is 77.9 Å². The summed E-state index contributed by atoms with van der Waals surface area (Å²) in [7, 11) is -17.3. The number of aromatic hydroxyl groups is 1. The Morgan fingerprint density at radius 3 is 1.32 bits per heavy atom. The van der Waals surface area contributed by atoms with Gasteiger partial charge in [-0.3, -0.25) is 9.11 Å². The minimum Gasteiger partial charge on any atom is -0.505 e. The molecule has 0 amide bonds. The third kappa shape index (κ3) is 6.90. The second-order valence-electron chi connectivity index (χ2n) is 9.19. The molecule has 4 aromatic carbocycles. The van der Waals surface area contributed by atoms with Crippen molar-refractivity contribution in [3.8, 4) is 5.75 Å². The van der Waals surface area contributed by atoms with E-state index >= 15 is 0 Å². The summed E-state index contributed by atoms with van der Waals surface area (Å²) in [6, 6.07) is 11.3. The van der Waals surface area contributed by atoms with E-state index in [0.717, 1.165) is 24.6 Å². The number of rotatable bonds is 8. The molecule has 16 nitrogen and oxygen atoms in total. The van der Waals surface area contributed by atoms with Crippen LogP contribution in [0.1, 0.15) is 0 Å². The summed E-state index contributed by atoms with van der Waals surface area (Å²) in [5, 5.41) is 25.4. The molecule has 0 aliphatic rings. The summed E-state index contributed by atoms with van der Waals surface area (Å²) in [6.45, 7) is 0. The van der Waals surface area contributed by atoms with Crippen LogP contribution in [0, 0.1) is 0 Å². The summed E-state index contributed by atoms with van der Waals surface area (Å²) < 4.78 is 115. The first-order chi connectivity index (χ1) is 20.2. The summed E-state index contributed by atoms with van der Waals surface area (Å²) in [6.07, 6.45) is 1.97. The number of sulfone groups is 2. The largest absolute Gasteiger partial charge is 0.505 e. The molecule has 0 aliphatic carbocycles. The van der Waals surface area contributed by atoms with Gasteiger partial charge in [-0.25, -0.2) is 16.8 Å². The van der Waals surface area contributed by atoms with Crippen molar-refractivity contribution in [1.29, 1.82) is 0 Å². The third-order valence-electron chi connectivity index (χ3n) is 5.93. The van der Waals surface area contributed by atoms with Crippen LogP contribution >= 0.6 is 0 Å². The van der Waals surface area contributed by atoms with Crippen LogP contribution in [0.15, 0.2) is 101 Å². The van der Waals surface area contributed by atoms with Gasteiger partial charge in [0.15, 0.2) is 25.4 Å². The highest BCUT2D eigenvalue weighted by Gasteiger charge is 2.28. The Balaban J connectivity index is 1.94. The molecule has 20 heteroatoms. The number of hydrogen-bond donors (Lipinski definition) is 4. The predicted molar refractivity (Wildman–Crippen MR) is 157 cm³/mol. The number of phenols is 1. The fourth-order valence-electron chi connectivity index (χ4n) is 3.84. The van der Waals surface area contributed by atoms with E-state index in [2.05, 4.69) is 20.5 Å². The number of nitrogen functional groups attached to an aromatic ring is 1. The van der Waals surface area contributed by atoms with Crippen molar-refractivity contribution in [2.75, 3.05) is 18.2 Å². The lowest BCUT2D eigenvalue weighted by Gasteiger charge is -2.14. The molecule has 232 valence electrons. The lowest BCUT2D eigenvalue weighted by molar-refractivity contribution is 0.472. The van der Waals surface area contributed by atoms with Crippen molar-refractivity contribution < 1.29 is 47.9 Å². The molecule has 0 saturated heterocycles. The van der Waals surface area contributed by atoms with E-state index in [1.165, 1.54) is 48.5 Å². The quantitative estimate of drug-likeness (QED) is 0.115. The normalized spacial score (nSPS) is 13.3. The molecule has 0 saturated carbocycles. The Labute approximate surface area is 250 Å². The fourth-order valence-corrected chi connectivity index (χ4v) is 6.43. The van der Waals surface area contributed by atoms with Crippen LogP contribution in [0.2, 0.25) is 0 Å². The first kappa shape index (κ1) is 32.6. The summed E-state index contributed by atoms with van der Waals surface area (Å²) >= 11 is 0. The van der Waals surface area contributed by atoms with E-state index in [9.17, 15) is 47.9 Å². The molecular weight excluding hydrogens is 663 g/mol. The zero-order valence-electron chi connectivity index (χ0n) is 22.4. The predicted octanol–water partition coefficient (Wildman–Crippen LogP) is 4.26. The lowest BCUT2D eigenvalue weighted by Crippen LogP contribution is -2.03. The zero-order chi connectivity index (χ0) is 32.8. The molecular formula is C24H21N5O11S4. The summed E-state index contributed by atoms with van der Waals surface area (Å²) in [5.74, 6) is -0.986. The van der Waals surface area contributed by atoms with Crippen LogP contribution in [0.5, 0.6) is 5.75 Å². The monoisotopic (exact) mass is 683 g/mol. The van der Waals surface area contributed by atoms with Gasteiger partial charge < -0.3 is 10.8 Å². The van der Waals surface area contributed by atoms with Crippen LogP contribution < -0.4 is 5.73 Å². The molecule has 0 bridgehead atoms. The van der Waals surface area contributed by atoms with Gasteiger partial charge in [-0.05, 0) is 66.0 Å². The molecule has 0 spiro atoms. The molecule has 4 aromatic rings. The smallest absolute Gasteiger partial charge is 0.296 e. The van der Waals surface area contributed by atoms with Gasteiger partial charge in [0.2, 0.25) is 0 Å². The number of nitrogens with two attached hydrogens (primary N) is 1. The Hall–Kier alpha value is -4.34. The maximum Gasteiger partial charge on any atom is 0.296 e. The summed E-state index contributed by atoms with van der Waals surface area (Å²) in [5.41, 5.74) is 4.09. The van der Waals surface area contributed by atoms with Crippen LogP contribution in [0.3, 0.4) is 0 Å². The molecule has 0 fully saturated rings. The van der Waals surface area contributed by atoms with Gasteiger partial charge in [-0.2, -0.15) is 27.1 Å². The Bertz CT molecular complexity index is 2160. The topological polar surface area (TPSA) is 273 Å². The van der Waals surface area contributed by atoms with Gasteiger partial charge in [-0.15, -0.1) is 10.2 Å². The molecule has 4 rings (SSSR count). The van der Waals surface area contributed by atoms with Crippen molar-refractivity contribution in [1.82, 2.24) is 0 Å². The molecule has 0 unspecified atom stereocenters. The number of anilines is 1. The Morgan fingerprint density at radius 2 is 0.955 bits per heavy atom. The fraction of sp³-hybridized carbons (Fsp3) is 0.0833. The average molecular weight is 684 g/mol. The van der Waals surface area contributed by atoms with E-state index in [4.69, 9.17) is 5.73 Å². The average Bonchev–Trinajstić information content (AvgIpc) is 2.90. The van der Waals surface area contributed by atoms with Gasteiger partial charge in [0, 0.05) is 12.5 Å². The third-order valence-corrected chi connectivity index (χ3v) is 9.92. The number of nitrogens with zero attached hydrogens (tertiary/aromatic N) is 4. The van der Waals surface area contributed by atoms with Crippen molar-refractivity contribution in [3.05, 3.63) is 60.7 Å². The molecule has 0 aliphatic heterocycles. The highest BCUT2D eigenvalue weighted by atomic mass is 32.2. The SMILES string of the molecule is CS(=O)(=O)c1ccc(/N=N\c2c(S(=O)(=O)O)cc3cc(S(=O)(=O)O)c(/N=N/c4ccc(S(C)(=O)=O)cc4)c(N)c3c2O)cc1. The minimum atomic E-state index is -5.14. The number of phenolic OH excluding ortho intramolecular Hbond substituents is 1. The van der Waals surface area contributed by atoms with Crippen molar-refractivity contribution in [2.24, 2.45) is 20.5 Å². The van der Waals surface area contributed by atoms with Crippen LogP contribution in [0.25, 0.3) is 10.8 Å². The second-order valence-corrected chi connectivity index (χ2v) is 16.0. The minimum absolute atomic E-state index is 0.0178. The number of fused-ring (bicyclic) bond motifs is 1. The zero-order valence-corrected chi connectivity index (χ0v) is 25.6. The molecule has 0 radical (unpaired) electrons. The maximum atomic E-state index is 12.2. The molecule has 44 heavy (non-hydrogen) atoms. The van der Waals surface area contributed by atoms with E-state index in [-0.39, 0.29) is 26.6 Å². The van der Waals surface area contributed by atoms with E-state index in [1.54, 1.807) is 0 Å². The summed E-state index contributed by atoms with van der Waals surface area (Å²) in [4.78, 5) is -2.04. The highest BCUT2D eigenvalue weighted by molar-refractivity contribution is 7.91. The molecule has 5 N–H and O–H groups in total. The van der Waals surface area contributed by atoms with Gasteiger partial charge in [-0.1, -0.05) is 0 Å². The maximum absolute atomic E-state index is 12.2. The van der Waals surface area contributed by atoms with Gasteiger partial charge >= 0.3 is 0 Å². The Morgan fingerprint density at radius 1 is 0.591 bits per heavy atom. The lowest BCUT2D eigenvalue weighted by atomic mass is 10.1. The number of hydrogen-bond acceptors (Lipinski definition) is 14.